The van der Waals surface area contributed by atoms with E-state index in [2.05, 4.69) is 88.3 Å². The molecule has 0 amide bonds. The van der Waals surface area contributed by atoms with Crippen molar-refractivity contribution >= 4 is 21.6 Å². The smallest absolute Gasteiger partial charge is 0.215 e. The lowest BCUT2D eigenvalue weighted by atomic mass is 9.77. The molecule has 0 saturated carbocycles. The zero-order valence-electron chi connectivity index (χ0n) is 21.4. The minimum atomic E-state index is -3.45. The summed E-state index contributed by atoms with van der Waals surface area (Å²) in [5, 5.41) is 0.583. The molecule has 5 rings (SSSR count). The van der Waals surface area contributed by atoms with E-state index in [-0.39, 0.29) is 5.75 Å². The van der Waals surface area contributed by atoms with Crippen LogP contribution in [0.5, 0.6) is 0 Å². The summed E-state index contributed by atoms with van der Waals surface area (Å²) in [4.78, 5) is 4.74. The van der Waals surface area contributed by atoms with Gasteiger partial charge in [-0.05, 0) is 47.2 Å². The number of nitrogens with zero attached hydrogens (tertiary/aromatic N) is 2. The molecule has 0 saturated heterocycles. The first-order valence-corrected chi connectivity index (χ1v) is 14.9. The summed E-state index contributed by atoms with van der Waals surface area (Å²) in [5.41, 5.74) is 4.36. The van der Waals surface area contributed by atoms with Gasteiger partial charge < -0.3 is 4.57 Å². The second kappa shape index (κ2) is 12.0. The molecule has 198 valence electrons. The summed E-state index contributed by atoms with van der Waals surface area (Å²) < 4.78 is 30.0. The van der Waals surface area contributed by atoms with Gasteiger partial charge in [0.25, 0.3) is 0 Å². The molecule has 0 bridgehead atoms. The van der Waals surface area contributed by atoms with Crippen molar-refractivity contribution < 1.29 is 8.42 Å². The number of imidazole rings is 1. The van der Waals surface area contributed by atoms with Crippen LogP contribution in [0.1, 0.15) is 34.4 Å². The molecule has 39 heavy (non-hydrogen) atoms. The number of halogens is 1. The Morgan fingerprint density at radius 3 is 1.77 bits per heavy atom. The van der Waals surface area contributed by atoms with Crippen LogP contribution in [-0.4, -0.2) is 24.5 Å². The Morgan fingerprint density at radius 1 is 0.744 bits per heavy atom. The fourth-order valence-corrected chi connectivity index (χ4v) is 6.32. The lowest BCUT2D eigenvalue weighted by Crippen LogP contribution is -2.36. The first kappa shape index (κ1) is 26.9. The fourth-order valence-electron chi connectivity index (χ4n) is 5.01. The molecule has 0 spiro atoms. The predicted molar refractivity (Wildman–Crippen MR) is 157 cm³/mol. The van der Waals surface area contributed by atoms with Crippen molar-refractivity contribution in [3.05, 3.63) is 161 Å². The van der Waals surface area contributed by atoms with Gasteiger partial charge >= 0.3 is 0 Å². The van der Waals surface area contributed by atoms with Crippen molar-refractivity contribution in [3.63, 3.8) is 0 Å². The Kier molecular flexibility index (Phi) is 8.27. The third-order valence-corrected chi connectivity index (χ3v) is 8.41. The zero-order chi connectivity index (χ0) is 27.1. The second-order valence-electron chi connectivity index (χ2n) is 9.46. The maximum Gasteiger partial charge on any atom is 0.215 e. The number of benzene rings is 4. The summed E-state index contributed by atoms with van der Waals surface area (Å²) in [6, 6.07) is 38.2. The molecule has 5 aromatic rings. The Morgan fingerprint density at radius 2 is 1.26 bits per heavy atom. The molecule has 1 heterocycles. The topological polar surface area (TPSA) is 64.0 Å². The Bertz CT molecular complexity index is 1490. The van der Waals surface area contributed by atoms with E-state index in [1.165, 1.54) is 0 Å². The number of rotatable bonds is 11. The van der Waals surface area contributed by atoms with Crippen molar-refractivity contribution in [2.45, 2.75) is 24.1 Å². The minimum Gasteiger partial charge on any atom is -0.319 e. The molecule has 4 aromatic carbocycles. The van der Waals surface area contributed by atoms with E-state index in [4.69, 9.17) is 16.6 Å². The van der Waals surface area contributed by atoms with Gasteiger partial charge in [-0.25, -0.2) is 18.1 Å². The molecule has 0 fully saturated rings. The summed E-state index contributed by atoms with van der Waals surface area (Å²) in [6.07, 6.45) is 5.24. The molecule has 0 radical (unpaired) electrons. The van der Waals surface area contributed by atoms with Crippen LogP contribution in [0.25, 0.3) is 0 Å². The van der Waals surface area contributed by atoms with Gasteiger partial charge in [-0.15, -0.1) is 0 Å². The molecule has 0 unspecified atom stereocenters. The molecule has 7 heteroatoms. The van der Waals surface area contributed by atoms with Crippen molar-refractivity contribution in [3.8, 4) is 0 Å². The third-order valence-electron chi connectivity index (χ3n) is 6.80. The van der Waals surface area contributed by atoms with Crippen LogP contribution < -0.4 is 4.72 Å². The molecule has 0 aliphatic rings. The minimum absolute atomic E-state index is 0.0768. The highest BCUT2D eigenvalue weighted by Gasteiger charge is 2.38. The average molecular weight is 556 g/mol. The Balaban J connectivity index is 1.37. The van der Waals surface area contributed by atoms with Gasteiger partial charge in [-0.3, -0.25) is 0 Å². The maximum absolute atomic E-state index is 12.5. The molecule has 0 aliphatic heterocycles. The molecule has 0 atom stereocenters. The number of hydrogen-bond acceptors (Lipinski definition) is 3. The quantitative estimate of drug-likeness (QED) is 0.151. The van der Waals surface area contributed by atoms with Crippen LogP contribution in [-0.2, 0) is 27.7 Å². The normalized spacial score (nSPS) is 11.9. The highest BCUT2D eigenvalue weighted by atomic mass is 35.5. The predicted octanol–water partition coefficient (Wildman–Crippen LogP) is 6.43. The van der Waals surface area contributed by atoms with E-state index >= 15 is 0 Å². The van der Waals surface area contributed by atoms with Gasteiger partial charge in [0.2, 0.25) is 10.0 Å². The van der Waals surface area contributed by atoms with Gasteiger partial charge in [0, 0.05) is 17.8 Å². The average Bonchev–Trinajstić information content (AvgIpc) is 3.44. The fraction of sp³-hybridized carbons (Fsp3) is 0.156. The lowest BCUT2D eigenvalue weighted by molar-refractivity contribution is 0.514. The summed E-state index contributed by atoms with van der Waals surface area (Å²) in [6.45, 7) is 0.337. The molecule has 1 N–H and O–H groups in total. The monoisotopic (exact) mass is 555 g/mol. The number of hydrogen-bond donors (Lipinski definition) is 1. The van der Waals surface area contributed by atoms with E-state index in [0.29, 0.717) is 30.0 Å². The Hall–Kier alpha value is -3.71. The van der Waals surface area contributed by atoms with E-state index in [0.717, 1.165) is 22.4 Å². The van der Waals surface area contributed by atoms with Crippen LogP contribution >= 0.6 is 11.6 Å². The van der Waals surface area contributed by atoms with E-state index in [1.54, 1.807) is 24.3 Å². The third kappa shape index (κ3) is 6.14. The van der Waals surface area contributed by atoms with Crippen LogP contribution in [0.15, 0.2) is 128 Å². The van der Waals surface area contributed by atoms with Crippen LogP contribution in [0, 0.1) is 0 Å². The molecule has 5 nitrogen and oxygen atoms in total. The zero-order valence-corrected chi connectivity index (χ0v) is 23.0. The van der Waals surface area contributed by atoms with Crippen molar-refractivity contribution in [2.24, 2.45) is 0 Å². The van der Waals surface area contributed by atoms with Crippen LogP contribution in [0.4, 0.5) is 0 Å². The summed E-state index contributed by atoms with van der Waals surface area (Å²) in [7, 11) is -3.45. The highest BCUT2D eigenvalue weighted by molar-refractivity contribution is 7.88. The molecule has 1 aromatic heterocycles. The summed E-state index contributed by atoms with van der Waals surface area (Å²) in [5.74, 6) is -0.0768. The van der Waals surface area contributed by atoms with Crippen molar-refractivity contribution in [1.82, 2.24) is 14.3 Å². The molecule has 0 aliphatic carbocycles. The highest BCUT2D eigenvalue weighted by Crippen LogP contribution is 2.40. The van der Waals surface area contributed by atoms with E-state index in [1.807, 2.05) is 24.5 Å². The Labute approximate surface area is 235 Å². The van der Waals surface area contributed by atoms with Crippen LogP contribution in [0.3, 0.4) is 0 Å². The molecular formula is C32H30ClN3O2S. The standard InChI is InChI=1S/C32H30ClN3O2S/c33-30-20-18-26(19-21-30)24-39(37,38)35-22-10-17-31-23-36(25-34-31)32(27-11-4-1-5-12-27,28-13-6-2-7-14-28)29-15-8-3-9-16-29/h1-9,11-16,18-21,23,25,35H,10,17,22,24H2. The van der Waals surface area contributed by atoms with E-state index < -0.39 is 15.6 Å². The SMILES string of the molecule is O=S(=O)(Cc1ccc(Cl)cc1)NCCCc1cn(C(c2ccccc2)(c2ccccc2)c2ccccc2)cn1. The molecular weight excluding hydrogens is 526 g/mol. The number of nitrogens with one attached hydrogen (secondary N) is 1. The summed E-state index contributed by atoms with van der Waals surface area (Å²) >= 11 is 5.90. The van der Waals surface area contributed by atoms with E-state index in [9.17, 15) is 8.42 Å². The van der Waals surface area contributed by atoms with Gasteiger partial charge in [0.15, 0.2) is 0 Å². The largest absolute Gasteiger partial charge is 0.319 e. The van der Waals surface area contributed by atoms with Gasteiger partial charge in [-0.1, -0.05) is 115 Å². The second-order valence-corrected chi connectivity index (χ2v) is 11.7. The lowest BCUT2D eigenvalue weighted by Gasteiger charge is -2.37. The van der Waals surface area contributed by atoms with Crippen LogP contribution in [0.2, 0.25) is 5.02 Å². The number of sulfonamides is 1. The van der Waals surface area contributed by atoms with Gasteiger partial charge in [-0.2, -0.15) is 0 Å². The van der Waals surface area contributed by atoms with Gasteiger partial charge in [0.1, 0.15) is 5.54 Å². The number of aromatic nitrogens is 2. The van der Waals surface area contributed by atoms with Crippen molar-refractivity contribution in [2.75, 3.05) is 6.54 Å². The first-order valence-electron chi connectivity index (χ1n) is 12.9. The maximum atomic E-state index is 12.5. The van der Waals surface area contributed by atoms with Gasteiger partial charge in [0.05, 0.1) is 17.8 Å². The van der Waals surface area contributed by atoms with Crippen molar-refractivity contribution in [1.29, 1.82) is 0 Å². The number of aryl methyl sites for hydroxylation is 1. The first-order chi connectivity index (χ1) is 19.0.